The average molecular weight is 413 g/mol. The van der Waals surface area contributed by atoms with Gasteiger partial charge in [-0.1, -0.05) is 43.4 Å². The Morgan fingerprint density at radius 3 is 2.71 bits per heavy atom. The molecule has 3 aromatic rings. The van der Waals surface area contributed by atoms with Crippen molar-refractivity contribution in [2.45, 2.75) is 42.9 Å². The Balaban J connectivity index is 1.35. The molecular weight excluding hydrogens is 388 g/mol. The molecule has 1 fully saturated rings. The molecule has 4 rings (SSSR count). The molecule has 1 saturated heterocycles. The summed E-state index contributed by atoms with van der Waals surface area (Å²) < 4.78 is 7.25. The molecule has 0 saturated carbocycles. The van der Waals surface area contributed by atoms with Crippen LogP contribution in [0.25, 0.3) is 10.2 Å². The standard InChI is InChI=1S/C22H24N2O2S2/c1-15(2)27-18-7-5-6-16(14-18)21(25)24-12-10-17(11-13-24)26-22-23-19-8-3-4-9-20(19)28-22/h3-9,14-15,17H,10-13H2,1-2H3. The quantitative estimate of drug-likeness (QED) is 0.520. The van der Waals surface area contributed by atoms with Gasteiger partial charge in [0.1, 0.15) is 6.10 Å². The van der Waals surface area contributed by atoms with Gasteiger partial charge in [-0.3, -0.25) is 4.79 Å². The van der Waals surface area contributed by atoms with Crippen LogP contribution < -0.4 is 4.74 Å². The summed E-state index contributed by atoms with van der Waals surface area (Å²) >= 11 is 3.37. The number of hydrogen-bond acceptors (Lipinski definition) is 5. The summed E-state index contributed by atoms with van der Waals surface area (Å²) in [6.45, 7) is 5.76. The lowest BCUT2D eigenvalue weighted by molar-refractivity contribution is 0.0595. The molecule has 0 unspecified atom stereocenters. The van der Waals surface area contributed by atoms with Crippen LogP contribution in [0, 0.1) is 0 Å². The lowest BCUT2D eigenvalue weighted by atomic mass is 10.1. The molecule has 28 heavy (non-hydrogen) atoms. The molecule has 1 aliphatic rings. The van der Waals surface area contributed by atoms with Crippen molar-refractivity contribution in [3.05, 3.63) is 54.1 Å². The van der Waals surface area contributed by atoms with Gasteiger partial charge in [-0.2, -0.15) is 0 Å². The summed E-state index contributed by atoms with van der Waals surface area (Å²) in [5, 5.41) is 1.23. The molecule has 0 atom stereocenters. The fraction of sp³-hybridized carbons (Fsp3) is 0.364. The van der Waals surface area contributed by atoms with Gasteiger partial charge in [0.05, 0.1) is 10.2 Å². The third-order valence-electron chi connectivity index (χ3n) is 4.72. The second-order valence-corrected chi connectivity index (χ2v) is 9.89. The zero-order valence-electron chi connectivity index (χ0n) is 16.1. The largest absolute Gasteiger partial charge is 0.467 e. The highest BCUT2D eigenvalue weighted by Crippen LogP contribution is 2.30. The maximum Gasteiger partial charge on any atom is 0.274 e. The Kier molecular flexibility index (Phi) is 5.87. The first-order valence-electron chi connectivity index (χ1n) is 9.67. The number of piperidine rings is 1. The minimum Gasteiger partial charge on any atom is -0.467 e. The van der Waals surface area contributed by atoms with E-state index in [0.717, 1.165) is 51.8 Å². The first-order chi connectivity index (χ1) is 13.6. The van der Waals surface area contributed by atoms with Gasteiger partial charge in [-0.15, -0.1) is 11.8 Å². The number of likely N-dealkylation sites (tertiary alicyclic amines) is 1. The molecule has 0 bridgehead atoms. The number of hydrogen-bond donors (Lipinski definition) is 0. The van der Waals surface area contributed by atoms with Crippen LogP contribution in [0.1, 0.15) is 37.0 Å². The number of rotatable bonds is 5. The second-order valence-electron chi connectivity index (χ2n) is 7.25. The number of thioether (sulfide) groups is 1. The molecule has 4 nitrogen and oxygen atoms in total. The van der Waals surface area contributed by atoms with Crippen LogP contribution in [-0.2, 0) is 0 Å². The van der Waals surface area contributed by atoms with Gasteiger partial charge >= 0.3 is 0 Å². The lowest BCUT2D eigenvalue weighted by Gasteiger charge is -2.31. The third kappa shape index (κ3) is 4.50. The van der Waals surface area contributed by atoms with Crippen molar-refractivity contribution < 1.29 is 9.53 Å². The maximum absolute atomic E-state index is 12.9. The van der Waals surface area contributed by atoms with Crippen LogP contribution >= 0.6 is 23.1 Å². The van der Waals surface area contributed by atoms with E-state index in [1.54, 1.807) is 23.1 Å². The second kappa shape index (κ2) is 8.53. The molecule has 0 aliphatic carbocycles. The summed E-state index contributed by atoms with van der Waals surface area (Å²) in [5.74, 6) is 0.115. The van der Waals surface area contributed by atoms with E-state index in [4.69, 9.17) is 4.74 Å². The Labute approximate surface area is 173 Å². The minimum atomic E-state index is 0.115. The zero-order valence-corrected chi connectivity index (χ0v) is 17.8. The molecule has 1 amide bonds. The van der Waals surface area contributed by atoms with Crippen LogP contribution in [0.3, 0.4) is 0 Å². The smallest absolute Gasteiger partial charge is 0.274 e. The van der Waals surface area contributed by atoms with Gasteiger partial charge in [0.2, 0.25) is 0 Å². The highest BCUT2D eigenvalue weighted by atomic mass is 32.2. The Morgan fingerprint density at radius 2 is 1.96 bits per heavy atom. The molecule has 2 heterocycles. The summed E-state index contributed by atoms with van der Waals surface area (Å²) in [7, 11) is 0. The average Bonchev–Trinajstić information content (AvgIpc) is 3.10. The van der Waals surface area contributed by atoms with Crippen LogP contribution in [0.5, 0.6) is 5.19 Å². The summed E-state index contributed by atoms with van der Waals surface area (Å²) in [4.78, 5) is 20.5. The fourth-order valence-corrected chi connectivity index (χ4v) is 5.16. The van der Waals surface area contributed by atoms with Gasteiger partial charge in [-0.05, 0) is 30.3 Å². The van der Waals surface area contributed by atoms with E-state index in [2.05, 4.69) is 31.0 Å². The van der Waals surface area contributed by atoms with Crippen molar-refractivity contribution >= 4 is 39.2 Å². The van der Waals surface area contributed by atoms with Crippen molar-refractivity contribution in [1.29, 1.82) is 0 Å². The maximum atomic E-state index is 12.9. The van der Waals surface area contributed by atoms with Crippen molar-refractivity contribution in [3.8, 4) is 5.19 Å². The highest BCUT2D eigenvalue weighted by molar-refractivity contribution is 7.99. The van der Waals surface area contributed by atoms with E-state index in [1.165, 1.54) is 0 Å². The van der Waals surface area contributed by atoms with Gasteiger partial charge in [0.25, 0.3) is 11.1 Å². The number of para-hydroxylation sites is 1. The molecule has 2 aromatic carbocycles. The van der Waals surface area contributed by atoms with Crippen LogP contribution in [0.4, 0.5) is 0 Å². The zero-order chi connectivity index (χ0) is 19.5. The van der Waals surface area contributed by atoms with Crippen molar-refractivity contribution in [2.24, 2.45) is 0 Å². The summed E-state index contributed by atoms with van der Waals surface area (Å²) in [6, 6.07) is 16.0. The number of carbonyl (C=O) groups excluding carboxylic acids is 1. The minimum absolute atomic E-state index is 0.115. The lowest BCUT2D eigenvalue weighted by Crippen LogP contribution is -2.41. The van der Waals surface area contributed by atoms with E-state index >= 15 is 0 Å². The molecular formula is C22H24N2O2S2. The van der Waals surface area contributed by atoms with E-state index in [-0.39, 0.29) is 12.0 Å². The molecule has 0 N–H and O–H groups in total. The monoisotopic (exact) mass is 412 g/mol. The van der Waals surface area contributed by atoms with Gasteiger partial charge in [-0.25, -0.2) is 4.98 Å². The fourth-order valence-electron chi connectivity index (χ4n) is 3.38. The predicted octanol–water partition coefficient (Wildman–Crippen LogP) is 5.48. The molecule has 1 aliphatic heterocycles. The van der Waals surface area contributed by atoms with E-state index < -0.39 is 0 Å². The molecule has 0 radical (unpaired) electrons. The predicted molar refractivity (Wildman–Crippen MR) is 117 cm³/mol. The first-order valence-corrected chi connectivity index (χ1v) is 11.4. The van der Waals surface area contributed by atoms with Gasteiger partial charge < -0.3 is 9.64 Å². The Morgan fingerprint density at radius 1 is 1.18 bits per heavy atom. The van der Waals surface area contributed by atoms with Gasteiger partial charge in [0, 0.05) is 41.6 Å². The van der Waals surface area contributed by atoms with Crippen molar-refractivity contribution in [1.82, 2.24) is 9.88 Å². The van der Waals surface area contributed by atoms with E-state index in [9.17, 15) is 4.79 Å². The third-order valence-corrected chi connectivity index (χ3v) is 6.65. The normalized spacial score (nSPS) is 15.3. The number of carbonyl (C=O) groups is 1. The van der Waals surface area contributed by atoms with Crippen molar-refractivity contribution in [3.63, 3.8) is 0 Å². The van der Waals surface area contributed by atoms with Crippen molar-refractivity contribution in [2.75, 3.05) is 13.1 Å². The van der Waals surface area contributed by atoms with Gasteiger partial charge in [0.15, 0.2) is 0 Å². The number of ether oxygens (including phenoxy) is 1. The van der Waals surface area contributed by atoms with Crippen LogP contribution in [-0.4, -0.2) is 40.2 Å². The topological polar surface area (TPSA) is 42.4 Å². The number of amides is 1. The van der Waals surface area contributed by atoms with Crippen LogP contribution in [0.15, 0.2) is 53.4 Å². The number of benzene rings is 2. The van der Waals surface area contributed by atoms with Crippen LogP contribution in [0.2, 0.25) is 0 Å². The summed E-state index contributed by atoms with van der Waals surface area (Å²) in [5.41, 5.74) is 1.76. The molecule has 6 heteroatoms. The Hall–Kier alpha value is -2.05. The SMILES string of the molecule is CC(C)Sc1cccc(C(=O)N2CCC(Oc3nc4ccccc4s3)CC2)c1. The van der Waals surface area contributed by atoms with E-state index in [0.29, 0.717) is 5.25 Å². The number of nitrogens with zero attached hydrogens (tertiary/aromatic N) is 2. The molecule has 146 valence electrons. The first kappa shape index (κ1) is 19.3. The highest BCUT2D eigenvalue weighted by Gasteiger charge is 2.25. The number of aromatic nitrogens is 1. The number of fused-ring (bicyclic) bond motifs is 1. The number of thiazole rings is 1. The van der Waals surface area contributed by atoms with E-state index in [1.807, 2.05) is 41.3 Å². The Bertz CT molecular complexity index is 929. The molecule has 1 aromatic heterocycles. The summed E-state index contributed by atoms with van der Waals surface area (Å²) in [6.07, 6.45) is 1.79. The molecule has 0 spiro atoms.